The number of thioether (sulfide) groups is 1. The van der Waals surface area contributed by atoms with Crippen molar-refractivity contribution in [3.05, 3.63) is 63.7 Å². The lowest BCUT2D eigenvalue weighted by molar-refractivity contribution is -0.384. The standard InChI is InChI=1S/C15H16N2O2S/c1-11-2-7-15(14(16)10-11)20-9-8-12-3-5-13(6-4-12)17(18)19/h2-7,10H,8-9,16H2,1H3. The molecule has 0 aromatic heterocycles. The summed E-state index contributed by atoms with van der Waals surface area (Å²) in [5, 5.41) is 10.6. The molecule has 104 valence electrons. The molecule has 2 aromatic rings. The topological polar surface area (TPSA) is 69.2 Å². The molecular formula is C15H16N2O2S. The average molecular weight is 288 g/mol. The van der Waals surface area contributed by atoms with Crippen LogP contribution < -0.4 is 5.73 Å². The van der Waals surface area contributed by atoms with Gasteiger partial charge in [-0.2, -0.15) is 0 Å². The van der Waals surface area contributed by atoms with E-state index in [1.165, 1.54) is 0 Å². The molecule has 0 aliphatic rings. The molecule has 0 spiro atoms. The minimum Gasteiger partial charge on any atom is -0.398 e. The van der Waals surface area contributed by atoms with Crippen molar-refractivity contribution in [3.63, 3.8) is 0 Å². The van der Waals surface area contributed by atoms with Crippen LogP contribution in [0.15, 0.2) is 47.4 Å². The van der Waals surface area contributed by atoms with Crippen molar-refractivity contribution in [1.29, 1.82) is 0 Å². The molecule has 0 unspecified atom stereocenters. The molecule has 0 saturated carbocycles. The van der Waals surface area contributed by atoms with Crippen LogP contribution in [0.25, 0.3) is 0 Å². The van der Waals surface area contributed by atoms with Crippen molar-refractivity contribution >= 4 is 23.1 Å². The maximum absolute atomic E-state index is 10.6. The Morgan fingerprint density at radius 3 is 2.50 bits per heavy atom. The summed E-state index contributed by atoms with van der Waals surface area (Å²) in [7, 11) is 0. The monoisotopic (exact) mass is 288 g/mol. The van der Waals surface area contributed by atoms with E-state index in [2.05, 4.69) is 0 Å². The number of non-ortho nitro benzene ring substituents is 1. The zero-order chi connectivity index (χ0) is 14.5. The van der Waals surface area contributed by atoms with Gasteiger partial charge in [-0.1, -0.05) is 18.2 Å². The summed E-state index contributed by atoms with van der Waals surface area (Å²) in [6.45, 7) is 2.02. The lowest BCUT2D eigenvalue weighted by atomic mass is 10.1. The molecule has 2 aromatic carbocycles. The molecule has 20 heavy (non-hydrogen) atoms. The van der Waals surface area contributed by atoms with Gasteiger partial charge in [0.05, 0.1) is 4.92 Å². The maximum Gasteiger partial charge on any atom is 0.269 e. The van der Waals surface area contributed by atoms with Crippen molar-refractivity contribution in [2.24, 2.45) is 0 Å². The fourth-order valence-corrected chi connectivity index (χ4v) is 2.81. The summed E-state index contributed by atoms with van der Waals surface area (Å²) in [6.07, 6.45) is 0.857. The third kappa shape index (κ3) is 3.74. The Kier molecular flexibility index (Phi) is 4.63. The van der Waals surface area contributed by atoms with Gasteiger partial charge in [0.2, 0.25) is 0 Å². The first kappa shape index (κ1) is 14.4. The van der Waals surface area contributed by atoms with Gasteiger partial charge < -0.3 is 5.73 Å². The Morgan fingerprint density at radius 1 is 1.20 bits per heavy atom. The highest BCUT2D eigenvalue weighted by Gasteiger charge is 2.04. The second-order valence-corrected chi connectivity index (χ2v) is 5.70. The molecule has 0 aliphatic heterocycles. The summed E-state index contributed by atoms with van der Waals surface area (Å²) in [4.78, 5) is 11.3. The molecule has 0 radical (unpaired) electrons. The van der Waals surface area contributed by atoms with E-state index in [4.69, 9.17) is 5.73 Å². The fourth-order valence-electron chi connectivity index (χ4n) is 1.86. The average Bonchev–Trinajstić information content (AvgIpc) is 2.42. The van der Waals surface area contributed by atoms with Crippen LogP contribution >= 0.6 is 11.8 Å². The Labute approximate surface area is 122 Å². The van der Waals surface area contributed by atoms with Crippen molar-refractivity contribution in [1.82, 2.24) is 0 Å². The van der Waals surface area contributed by atoms with Gasteiger partial charge in [0.1, 0.15) is 0 Å². The van der Waals surface area contributed by atoms with Crippen LogP contribution in [-0.4, -0.2) is 10.7 Å². The molecule has 0 fully saturated rings. The Bertz CT molecular complexity index is 612. The first-order valence-corrected chi connectivity index (χ1v) is 7.27. The summed E-state index contributed by atoms with van der Waals surface area (Å²) in [5.74, 6) is 0.894. The van der Waals surface area contributed by atoms with Crippen LogP contribution in [0.1, 0.15) is 11.1 Å². The van der Waals surface area contributed by atoms with E-state index in [1.807, 2.05) is 25.1 Å². The summed E-state index contributed by atoms with van der Waals surface area (Å²) >= 11 is 1.70. The van der Waals surface area contributed by atoms with Gasteiger partial charge in [0.25, 0.3) is 5.69 Å². The quantitative estimate of drug-likeness (QED) is 0.393. The Balaban J connectivity index is 1.91. The molecule has 5 heteroatoms. The lowest BCUT2D eigenvalue weighted by Gasteiger charge is -2.06. The number of nitrogens with zero attached hydrogens (tertiary/aromatic N) is 1. The van der Waals surface area contributed by atoms with Crippen LogP contribution in [0.5, 0.6) is 0 Å². The highest BCUT2D eigenvalue weighted by Crippen LogP contribution is 2.26. The third-order valence-electron chi connectivity index (χ3n) is 2.96. The first-order chi connectivity index (χ1) is 9.56. The number of nitro groups is 1. The summed E-state index contributed by atoms with van der Waals surface area (Å²) in [5.41, 5.74) is 9.14. The second kappa shape index (κ2) is 6.43. The Morgan fingerprint density at radius 2 is 1.90 bits per heavy atom. The zero-order valence-electron chi connectivity index (χ0n) is 11.2. The predicted octanol–water partition coefficient (Wildman–Crippen LogP) is 3.82. The number of benzene rings is 2. The molecule has 2 N–H and O–H groups in total. The smallest absolute Gasteiger partial charge is 0.269 e. The molecular weight excluding hydrogens is 272 g/mol. The van der Waals surface area contributed by atoms with E-state index in [9.17, 15) is 10.1 Å². The maximum atomic E-state index is 10.6. The van der Waals surface area contributed by atoms with E-state index in [0.717, 1.165) is 33.9 Å². The van der Waals surface area contributed by atoms with E-state index in [1.54, 1.807) is 36.0 Å². The van der Waals surface area contributed by atoms with Crippen LogP contribution in [-0.2, 0) is 6.42 Å². The fraction of sp³-hybridized carbons (Fsp3) is 0.200. The molecule has 0 bridgehead atoms. The number of nitro benzene ring substituents is 1. The number of aryl methyl sites for hydroxylation is 2. The molecule has 0 atom stereocenters. The van der Waals surface area contributed by atoms with E-state index in [-0.39, 0.29) is 10.6 Å². The van der Waals surface area contributed by atoms with Gasteiger partial charge in [-0.3, -0.25) is 10.1 Å². The summed E-state index contributed by atoms with van der Waals surface area (Å²) in [6, 6.07) is 12.7. The third-order valence-corrected chi connectivity index (χ3v) is 4.05. The van der Waals surface area contributed by atoms with Gasteiger partial charge >= 0.3 is 0 Å². The molecule has 0 aliphatic carbocycles. The highest BCUT2D eigenvalue weighted by atomic mass is 32.2. The number of hydrogen-bond acceptors (Lipinski definition) is 4. The van der Waals surface area contributed by atoms with E-state index >= 15 is 0 Å². The van der Waals surface area contributed by atoms with Crippen molar-refractivity contribution in [3.8, 4) is 0 Å². The van der Waals surface area contributed by atoms with Crippen molar-refractivity contribution in [2.45, 2.75) is 18.2 Å². The SMILES string of the molecule is Cc1ccc(SCCc2ccc([N+](=O)[O-])cc2)c(N)c1. The minimum absolute atomic E-state index is 0.129. The largest absolute Gasteiger partial charge is 0.398 e. The minimum atomic E-state index is -0.383. The van der Waals surface area contributed by atoms with Gasteiger partial charge in [0.15, 0.2) is 0 Å². The number of nitrogen functional groups attached to an aromatic ring is 1. The van der Waals surface area contributed by atoms with Crippen molar-refractivity contribution < 1.29 is 4.92 Å². The van der Waals surface area contributed by atoms with Crippen LogP contribution in [0.2, 0.25) is 0 Å². The molecule has 2 rings (SSSR count). The lowest BCUT2D eigenvalue weighted by Crippen LogP contribution is -1.93. The van der Waals surface area contributed by atoms with Gasteiger partial charge in [-0.15, -0.1) is 11.8 Å². The zero-order valence-corrected chi connectivity index (χ0v) is 12.0. The molecule has 4 nitrogen and oxygen atoms in total. The number of anilines is 1. The van der Waals surface area contributed by atoms with E-state index in [0.29, 0.717) is 0 Å². The first-order valence-electron chi connectivity index (χ1n) is 6.28. The highest BCUT2D eigenvalue weighted by molar-refractivity contribution is 7.99. The molecule has 0 saturated heterocycles. The number of nitrogens with two attached hydrogens (primary N) is 1. The van der Waals surface area contributed by atoms with Crippen LogP contribution in [0.4, 0.5) is 11.4 Å². The normalized spacial score (nSPS) is 10.4. The van der Waals surface area contributed by atoms with Gasteiger partial charge in [0, 0.05) is 28.5 Å². The number of hydrogen-bond donors (Lipinski definition) is 1. The van der Waals surface area contributed by atoms with Gasteiger partial charge in [-0.05, 0) is 36.6 Å². The second-order valence-electron chi connectivity index (χ2n) is 4.56. The number of rotatable bonds is 5. The van der Waals surface area contributed by atoms with E-state index < -0.39 is 0 Å². The predicted molar refractivity (Wildman–Crippen MR) is 83.1 cm³/mol. The van der Waals surface area contributed by atoms with Gasteiger partial charge in [-0.25, -0.2) is 0 Å². The van der Waals surface area contributed by atoms with Crippen molar-refractivity contribution in [2.75, 3.05) is 11.5 Å². The Hall–Kier alpha value is -2.01. The van der Waals surface area contributed by atoms with Crippen LogP contribution in [0, 0.1) is 17.0 Å². The van der Waals surface area contributed by atoms with Crippen LogP contribution in [0.3, 0.4) is 0 Å². The molecule has 0 heterocycles. The summed E-state index contributed by atoms with van der Waals surface area (Å²) < 4.78 is 0. The molecule has 0 amide bonds.